The van der Waals surface area contributed by atoms with Gasteiger partial charge in [-0.2, -0.15) is 0 Å². The van der Waals surface area contributed by atoms with E-state index in [2.05, 4.69) is 4.90 Å². The van der Waals surface area contributed by atoms with E-state index in [1.807, 2.05) is 24.3 Å². The van der Waals surface area contributed by atoms with Gasteiger partial charge >= 0.3 is 0 Å². The van der Waals surface area contributed by atoms with Crippen LogP contribution in [0.5, 0.6) is 5.75 Å². The molecule has 0 aromatic heterocycles. The van der Waals surface area contributed by atoms with Crippen LogP contribution in [0.25, 0.3) is 11.1 Å². The Morgan fingerprint density at radius 3 is 2.83 bits per heavy atom. The maximum atomic E-state index is 11.0. The minimum atomic E-state index is -0.397. The Bertz CT molecular complexity index is 748. The van der Waals surface area contributed by atoms with Crippen molar-refractivity contribution >= 4 is 5.69 Å². The zero-order valence-electron chi connectivity index (χ0n) is 13.5. The summed E-state index contributed by atoms with van der Waals surface area (Å²) in [4.78, 5) is 12.8. The van der Waals surface area contributed by atoms with Crippen LogP contribution in [-0.4, -0.2) is 41.2 Å². The zero-order valence-corrected chi connectivity index (χ0v) is 13.5. The second-order valence-electron chi connectivity index (χ2n) is 6.02. The van der Waals surface area contributed by atoms with Crippen LogP contribution in [0.2, 0.25) is 0 Å². The van der Waals surface area contributed by atoms with Gasteiger partial charge in [-0.05, 0) is 29.7 Å². The van der Waals surface area contributed by atoms with Gasteiger partial charge in [0.25, 0.3) is 5.69 Å². The molecule has 126 valence electrons. The lowest BCUT2D eigenvalue weighted by atomic mass is 10.0. The molecule has 1 unspecified atom stereocenters. The monoisotopic (exact) mass is 328 g/mol. The van der Waals surface area contributed by atoms with Crippen molar-refractivity contribution < 1.29 is 14.8 Å². The molecule has 1 heterocycles. The Morgan fingerprint density at radius 2 is 2.17 bits per heavy atom. The topological polar surface area (TPSA) is 75.8 Å². The second kappa shape index (κ2) is 6.98. The third-order valence-corrected chi connectivity index (χ3v) is 4.29. The fourth-order valence-electron chi connectivity index (χ4n) is 3.08. The summed E-state index contributed by atoms with van der Waals surface area (Å²) < 4.78 is 5.42. The van der Waals surface area contributed by atoms with Crippen molar-refractivity contribution in [3.8, 4) is 16.9 Å². The highest BCUT2D eigenvalue weighted by Crippen LogP contribution is 2.33. The molecule has 1 N–H and O–H groups in total. The van der Waals surface area contributed by atoms with Crippen LogP contribution in [-0.2, 0) is 6.54 Å². The van der Waals surface area contributed by atoms with Crippen LogP contribution in [0, 0.1) is 10.1 Å². The number of benzene rings is 2. The predicted molar refractivity (Wildman–Crippen MR) is 91.0 cm³/mol. The van der Waals surface area contributed by atoms with Crippen molar-refractivity contribution in [2.24, 2.45) is 0 Å². The van der Waals surface area contributed by atoms with Crippen molar-refractivity contribution in [1.82, 2.24) is 4.90 Å². The van der Waals surface area contributed by atoms with Gasteiger partial charge in [-0.1, -0.05) is 18.2 Å². The van der Waals surface area contributed by atoms with Gasteiger partial charge in [0.1, 0.15) is 5.75 Å². The number of nitro benzene ring substituents is 1. The highest BCUT2D eigenvalue weighted by molar-refractivity contribution is 5.73. The largest absolute Gasteiger partial charge is 0.496 e. The van der Waals surface area contributed by atoms with Crippen LogP contribution < -0.4 is 4.74 Å². The Labute approximate surface area is 140 Å². The molecule has 0 spiro atoms. The molecule has 1 saturated heterocycles. The minimum absolute atomic E-state index is 0.0580. The maximum absolute atomic E-state index is 11.0. The predicted octanol–water partition coefficient (Wildman–Crippen LogP) is 2.84. The first-order valence-corrected chi connectivity index (χ1v) is 7.89. The summed E-state index contributed by atoms with van der Waals surface area (Å²) in [5.41, 5.74) is 2.73. The molecule has 6 heteroatoms. The summed E-state index contributed by atoms with van der Waals surface area (Å²) in [5, 5.41) is 20.7. The first-order valence-electron chi connectivity index (χ1n) is 7.89. The number of hydrogen-bond donors (Lipinski definition) is 1. The minimum Gasteiger partial charge on any atom is -0.496 e. The van der Waals surface area contributed by atoms with E-state index >= 15 is 0 Å². The molecule has 1 atom stereocenters. The molecule has 2 aromatic carbocycles. The Balaban J connectivity index is 1.92. The van der Waals surface area contributed by atoms with Gasteiger partial charge in [-0.25, -0.2) is 0 Å². The molecule has 0 saturated carbocycles. The summed E-state index contributed by atoms with van der Waals surface area (Å²) in [5.74, 6) is 0.681. The summed E-state index contributed by atoms with van der Waals surface area (Å²) in [6.07, 6.45) is 0.549. The summed E-state index contributed by atoms with van der Waals surface area (Å²) in [6, 6.07) is 12.4. The van der Waals surface area contributed by atoms with Crippen LogP contribution in [0.3, 0.4) is 0 Å². The van der Waals surface area contributed by atoms with E-state index in [4.69, 9.17) is 4.74 Å². The molecule has 1 fully saturated rings. The first-order chi connectivity index (χ1) is 11.6. The lowest BCUT2D eigenvalue weighted by Gasteiger charge is -2.17. The Kier molecular flexibility index (Phi) is 4.78. The molecule has 0 aliphatic carbocycles. The third-order valence-electron chi connectivity index (χ3n) is 4.29. The Hall–Kier alpha value is -2.44. The van der Waals surface area contributed by atoms with Crippen molar-refractivity contribution in [1.29, 1.82) is 0 Å². The van der Waals surface area contributed by atoms with Crippen molar-refractivity contribution in [3.63, 3.8) is 0 Å². The number of likely N-dealkylation sites (tertiary alicyclic amines) is 1. The molecule has 2 aromatic rings. The summed E-state index contributed by atoms with van der Waals surface area (Å²) >= 11 is 0. The van der Waals surface area contributed by atoms with E-state index in [9.17, 15) is 15.2 Å². The zero-order chi connectivity index (χ0) is 17.1. The quantitative estimate of drug-likeness (QED) is 0.675. The van der Waals surface area contributed by atoms with Gasteiger partial charge in [-0.3, -0.25) is 15.0 Å². The molecule has 1 aliphatic rings. The molecule has 24 heavy (non-hydrogen) atoms. The van der Waals surface area contributed by atoms with E-state index < -0.39 is 4.92 Å². The van der Waals surface area contributed by atoms with E-state index in [-0.39, 0.29) is 11.8 Å². The number of rotatable bonds is 5. The average Bonchev–Trinajstić information content (AvgIpc) is 2.99. The fourth-order valence-corrected chi connectivity index (χ4v) is 3.08. The lowest BCUT2D eigenvalue weighted by molar-refractivity contribution is -0.384. The van der Waals surface area contributed by atoms with E-state index in [1.165, 1.54) is 6.07 Å². The number of nitro groups is 1. The smallest absolute Gasteiger partial charge is 0.270 e. The number of non-ortho nitro benzene ring substituents is 1. The van der Waals surface area contributed by atoms with Crippen molar-refractivity contribution in [2.75, 3.05) is 20.2 Å². The van der Waals surface area contributed by atoms with Gasteiger partial charge in [-0.15, -0.1) is 0 Å². The highest BCUT2D eigenvalue weighted by Gasteiger charge is 2.20. The van der Waals surface area contributed by atoms with Gasteiger partial charge < -0.3 is 9.84 Å². The van der Waals surface area contributed by atoms with E-state index in [1.54, 1.807) is 19.2 Å². The number of ether oxygens (including phenoxy) is 1. The number of methoxy groups -OCH3 is 1. The van der Waals surface area contributed by atoms with Crippen molar-refractivity contribution in [3.05, 3.63) is 58.1 Å². The second-order valence-corrected chi connectivity index (χ2v) is 6.02. The number of aliphatic hydroxyl groups is 1. The van der Waals surface area contributed by atoms with Gasteiger partial charge in [0, 0.05) is 37.3 Å². The number of hydrogen-bond acceptors (Lipinski definition) is 5. The number of nitrogens with zero attached hydrogens (tertiary/aromatic N) is 2. The normalized spacial score (nSPS) is 17.8. The number of aliphatic hydroxyl groups excluding tert-OH is 1. The van der Waals surface area contributed by atoms with Gasteiger partial charge in [0.15, 0.2) is 0 Å². The summed E-state index contributed by atoms with van der Waals surface area (Å²) in [6.45, 7) is 2.29. The van der Waals surface area contributed by atoms with Crippen LogP contribution in [0.4, 0.5) is 5.69 Å². The fraction of sp³-hybridized carbons (Fsp3) is 0.333. The molecule has 0 radical (unpaired) electrons. The standard InChI is InChI=1S/C18H20N2O4/c1-24-18-6-5-13(11-19-8-7-16(21)12-19)9-17(18)14-3-2-4-15(10-14)20(22)23/h2-6,9-10,16,21H,7-8,11-12H2,1H3. The molecular formula is C18H20N2O4. The van der Waals surface area contributed by atoms with Crippen LogP contribution >= 0.6 is 0 Å². The SMILES string of the molecule is COc1ccc(CN2CCC(O)C2)cc1-c1cccc([N+](=O)[O-])c1. The molecular weight excluding hydrogens is 308 g/mol. The molecule has 0 bridgehead atoms. The van der Waals surface area contributed by atoms with Crippen molar-refractivity contribution in [2.45, 2.75) is 19.1 Å². The molecule has 3 rings (SSSR count). The maximum Gasteiger partial charge on any atom is 0.270 e. The molecule has 6 nitrogen and oxygen atoms in total. The van der Waals surface area contributed by atoms with Crippen LogP contribution in [0.1, 0.15) is 12.0 Å². The molecule has 0 amide bonds. The van der Waals surface area contributed by atoms with E-state index in [0.29, 0.717) is 12.3 Å². The average molecular weight is 328 g/mol. The first kappa shape index (κ1) is 16.4. The summed E-state index contributed by atoms with van der Waals surface area (Å²) in [7, 11) is 1.59. The number of β-amino-alcohol motifs (C(OH)–C–C–N with tert-alkyl or cyclic N) is 1. The van der Waals surface area contributed by atoms with Gasteiger partial charge in [0.05, 0.1) is 18.1 Å². The van der Waals surface area contributed by atoms with E-state index in [0.717, 1.165) is 36.2 Å². The Morgan fingerprint density at radius 1 is 1.33 bits per heavy atom. The lowest BCUT2D eigenvalue weighted by Crippen LogP contribution is -2.21. The van der Waals surface area contributed by atoms with Gasteiger partial charge in [0.2, 0.25) is 0 Å². The third kappa shape index (κ3) is 3.55. The highest BCUT2D eigenvalue weighted by atomic mass is 16.6. The van der Waals surface area contributed by atoms with Crippen LogP contribution in [0.15, 0.2) is 42.5 Å². The molecule has 1 aliphatic heterocycles.